The number of aryl methyl sites for hydroxylation is 1. The number of pyridine rings is 1. The van der Waals surface area contributed by atoms with E-state index in [4.69, 9.17) is 11.6 Å². The largest absolute Gasteiger partial charge is 0.452 e. The Morgan fingerprint density at radius 3 is 2.62 bits per heavy atom. The molecule has 2 rings (SSSR count). The fraction of sp³-hybridized carbons (Fsp3) is 0.312. The molecule has 1 aromatic carbocycles. The van der Waals surface area contributed by atoms with Gasteiger partial charge in [0.1, 0.15) is 12.1 Å². The number of hydrogen-bond acceptors (Lipinski definition) is 4. The third kappa shape index (κ3) is 4.75. The number of fused-ring (bicyclic) bond motifs is 1. The average molecular weight is 391 g/mol. The molecule has 0 unspecified atom stereocenters. The first-order chi connectivity index (χ1) is 12.1. The number of esters is 1. The van der Waals surface area contributed by atoms with Gasteiger partial charge in [-0.15, -0.1) is 0 Å². The van der Waals surface area contributed by atoms with Crippen molar-refractivity contribution in [1.82, 2.24) is 9.88 Å². The smallest absolute Gasteiger partial charge is 0.405 e. The van der Waals surface area contributed by atoms with E-state index in [0.717, 1.165) is 0 Å². The zero-order valence-corrected chi connectivity index (χ0v) is 14.3. The summed E-state index contributed by atoms with van der Waals surface area (Å²) in [7, 11) is 0. The Bertz CT molecular complexity index is 909. The zero-order chi connectivity index (χ0) is 19.5. The van der Waals surface area contributed by atoms with Crippen molar-refractivity contribution in [2.24, 2.45) is 0 Å². The zero-order valence-electron chi connectivity index (χ0n) is 13.5. The molecule has 26 heavy (non-hydrogen) atoms. The second-order valence-corrected chi connectivity index (χ2v) is 5.72. The number of nitrogens with one attached hydrogen (secondary N) is 1. The highest BCUT2D eigenvalue weighted by Gasteiger charge is 2.28. The third-order valence-electron chi connectivity index (χ3n) is 3.42. The summed E-state index contributed by atoms with van der Waals surface area (Å²) in [6, 6.07) is 4.62. The molecule has 10 heteroatoms. The Morgan fingerprint density at radius 1 is 1.31 bits per heavy atom. The summed E-state index contributed by atoms with van der Waals surface area (Å²) in [6.07, 6.45) is -3.30. The number of ether oxygens (including phenoxy) is 1. The SMILES string of the molecule is CCn1cc(C(=O)OCC(=O)NCC(F)(F)F)c(=O)c2cc(Cl)ccc21. The number of alkyl halides is 3. The highest BCUT2D eigenvalue weighted by Crippen LogP contribution is 2.18. The van der Waals surface area contributed by atoms with Gasteiger partial charge in [-0.05, 0) is 25.1 Å². The summed E-state index contributed by atoms with van der Waals surface area (Å²) >= 11 is 5.88. The normalized spacial score (nSPS) is 11.4. The Morgan fingerprint density at radius 2 is 2.00 bits per heavy atom. The number of hydrogen-bond donors (Lipinski definition) is 1. The van der Waals surface area contributed by atoms with E-state index in [9.17, 15) is 27.6 Å². The Labute approximate surface area is 150 Å². The van der Waals surface area contributed by atoms with Crippen molar-refractivity contribution in [1.29, 1.82) is 0 Å². The molecular weight excluding hydrogens is 377 g/mol. The molecule has 0 atom stereocenters. The molecule has 1 amide bonds. The molecule has 0 fully saturated rings. The lowest BCUT2D eigenvalue weighted by molar-refractivity contribution is -0.140. The second-order valence-electron chi connectivity index (χ2n) is 5.29. The molecule has 0 aliphatic heterocycles. The van der Waals surface area contributed by atoms with Crippen molar-refractivity contribution in [3.63, 3.8) is 0 Å². The van der Waals surface area contributed by atoms with Crippen LogP contribution in [0.5, 0.6) is 0 Å². The molecule has 0 saturated carbocycles. The van der Waals surface area contributed by atoms with Crippen LogP contribution in [0.4, 0.5) is 13.2 Å². The molecule has 0 saturated heterocycles. The minimum absolute atomic E-state index is 0.190. The molecule has 0 bridgehead atoms. The maximum atomic E-state index is 12.5. The molecule has 1 heterocycles. The number of carbonyl (C=O) groups is 2. The minimum atomic E-state index is -4.58. The van der Waals surface area contributed by atoms with Crippen molar-refractivity contribution in [2.45, 2.75) is 19.6 Å². The molecule has 6 nitrogen and oxygen atoms in total. The van der Waals surface area contributed by atoms with Crippen LogP contribution in [0.15, 0.2) is 29.2 Å². The summed E-state index contributed by atoms with van der Waals surface area (Å²) in [5, 5.41) is 2.05. The maximum Gasteiger partial charge on any atom is 0.405 e. The summed E-state index contributed by atoms with van der Waals surface area (Å²) in [4.78, 5) is 35.9. The number of carbonyl (C=O) groups excluding carboxylic acids is 2. The highest BCUT2D eigenvalue weighted by molar-refractivity contribution is 6.31. The van der Waals surface area contributed by atoms with E-state index in [2.05, 4.69) is 4.74 Å². The fourth-order valence-electron chi connectivity index (χ4n) is 2.24. The summed E-state index contributed by atoms with van der Waals surface area (Å²) < 4.78 is 42.3. The Kier molecular flexibility index (Phi) is 5.91. The number of aromatic nitrogens is 1. The van der Waals surface area contributed by atoms with Crippen molar-refractivity contribution in [3.05, 3.63) is 45.2 Å². The number of nitrogens with zero attached hydrogens (tertiary/aromatic N) is 1. The van der Waals surface area contributed by atoms with Gasteiger partial charge in [0.05, 0.1) is 5.52 Å². The number of rotatable bonds is 5. The molecule has 2 aromatic rings. The monoisotopic (exact) mass is 390 g/mol. The maximum absolute atomic E-state index is 12.5. The van der Waals surface area contributed by atoms with Gasteiger partial charge in [0.25, 0.3) is 5.91 Å². The Balaban J connectivity index is 2.21. The second kappa shape index (κ2) is 7.77. The lowest BCUT2D eigenvalue weighted by Crippen LogP contribution is -2.36. The van der Waals surface area contributed by atoms with E-state index >= 15 is 0 Å². The van der Waals surface area contributed by atoms with E-state index in [1.165, 1.54) is 12.3 Å². The van der Waals surface area contributed by atoms with Gasteiger partial charge in [-0.3, -0.25) is 9.59 Å². The van der Waals surface area contributed by atoms with Crippen LogP contribution in [-0.4, -0.2) is 35.8 Å². The molecule has 1 N–H and O–H groups in total. The van der Waals surface area contributed by atoms with Gasteiger partial charge >= 0.3 is 12.1 Å². The lowest BCUT2D eigenvalue weighted by atomic mass is 10.1. The van der Waals surface area contributed by atoms with Crippen molar-refractivity contribution in [3.8, 4) is 0 Å². The van der Waals surface area contributed by atoms with Crippen LogP contribution in [0.1, 0.15) is 17.3 Å². The molecule has 0 aliphatic carbocycles. The number of benzene rings is 1. The van der Waals surface area contributed by atoms with E-state index < -0.39 is 36.6 Å². The van der Waals surface area contributed by atoms with Gasteiger partial charge in [0.2, 0.25) is 5.43 Å². The summed E-state index contributed by atoms with van der Waals surface area (Å²) in [6.45, 7) is -0.252. The third-order valence-corrected chi connectivity index (χ3v) is 3.66. The van der Waals surface area contributed by atoms with Crippen LogP contribution in [0.2, 0.25) is 5.02 Å². The predicted octanol–water partition coefficient (Wildman–Crippen LogP) is 2.51. The van der Waals surface area contributed by atoms with E-state index in [1.54, 1.807) is 28.9 Å². The van der Waals surface area contributed by atoms with Crippen molar-refractivity contribution in [2.75, 3.05) is 13.2 Å². The van der Waals surface area contributed by atoms with Crippen LogP contribution in [0.3, 0.4) is 0 Å². The standard InChI is InChI=1S/C16H14ClF3N2O4/c1-2-22-6-11(14(24)10-5-9(17)3-4-12(10)22)15(25)26-7-13(23)21-8-16(18,19)20/h3-6H,2,7-8H2,1H3,(H,21,23). The van der Waals surface area contributed by atoms with Crippen LogP contribution in [0, 0.1) is 0 Å². The van der Waals surface area contributed by atoms with E-state index in [0.29, 0.717) is 17.1 Å². The van der Waals surface area contributed by atoms with Crippen LogP contribution < -0.4 is 10.7 Å². The first-order valence-electron chi connectivity index (χ1n) is 7.45. The van der Waals surface area contributed by atoms with Crippen LogP contribution in [0.25, 0.3) is 10.9 Å². The van der Waals surface area contributed by atoms with Crippen LogP contribution >= 0.6 is 11.6 Å². The molecular formula is C16H14ClF3N2O4. The molecule has 0 spiro atoms. The lowest BCUT2D eigenvalue weighted by Gasteiger charge is -2.12. The van der Waals surface area contributed by atoms with Gasteiger partial charge in [0, 0.05) is 23.2 Å². The molecule has 140 valence electrons. The minimum Gasteiger partial charge on any atom is -0.452 e. The molecule has 0 radical (unpaired) electrons. The summed E-state index contributed by atoms with van der Waals surface area (Å²) in [5.41, 5.74) is -0.431. The van der Waals surface area contributed by atoms with Crippen LogP contribution in [-0.2, 0) is 16.1 Å². The first-order valence-corrected chi connectivity index (χ1v) is 7.83. The number of amides is 1. The Hall–Kier alpha value is -2.55. The highest BCUT2D eigenvalue weighted by atomic mass is 35.5. The molecule has 1 aromatic heterocycles. The van der Waals surface area contributed by atoms with Gasteiger partial charge in [0.15, 0.2) is 6.61 Å². The van der Waals surface area contributed by atoms with Gasteiger partial charge in [-0.1, -0.05) is 11.6 Å². The van der Waals surface area contributed by atoms with E-state index in [-0.39, 0.29) is 10.9 Å². The predicted molar refractivity (Wildman–Crippen MR) is 88.2 cm³/mol. The topological polar surface area (TPSA) is 77.4 Å². The van der Waals surface area contributed by atoms with Gasteiger partial charge < -0.3 is 14.6 Å². The first kappa shape index (κ1) is 19.8. The van der Waals surface area contributed by atoms with Gasteiger partial charge in [-0.2, -0.15) is 13.2 Å². The quantitative estimate of drug-likeness (QED) is 0.796. The van der Waals surface area contributed by atoms with E-state index in [1.807, 2.05) is 0 Å². The molecule has 0 aliphatic rings. The van der Waals surface area contributed by atoms with Gasteiger partial charge in [-0.25, -0.2) is 4.79 Å². The van der Waals surface area contributed by atoms with Crippen molar-refractivity contribution >= 4 is 34.4 Å². The summed E-state index contributed by atoms with van der Waals surface area (Å²) in [5.74, 6) is -2.24. The number of halogens is 4. The van der Waals surface area contributed by atoms with Crippen molar-refractivity contribution < 1.29 is 27.5 Å². The fourth-order valence-corrected chi connectivity index (χ4v) is 2.41. The average Bonchev–Trinajstić information content (AvgIpc) is 2.58.